The van der Waals surface area contributed by atoms with Gasteiger partial charge in [0.25, 0.3) is 0 Å². The summed E-state index contributed by atoms with van der Waals surface area (Å²) in [7, 11) is 5.36. The zero-order valence-corrected chi connectivity index (χ0v) is 65.6. The van der Waals surface area contributed by atoms with Crippen molar-refractivity contribution in [2.75, 3.05) is 45.0 Å². The summed E-state index contributed by atoms with van der Waals surface area (Å²) in [6, 6.07) is 16.9. The summed E-state index contributed by atoms with van der Waals surface area (Å²) in [6.45, 7) is 30.9. The van der Waals surface area contributed by atoms with E-state index in [9.17, 15) is 19.8 Å². The first kappa shape index (κ1) is 80.0. The van der Waals surface area contributed by atoms with Crippen molar-refractivity contribution < 1.29 is 29.3 Å². The molecular weight excluding hydrogens is 1380 g/mol. The van der Waals surface area contributed by atoms with E-state index in [0.29, 0.717) is 88.9 Å². The van der Waals surface area contributed by atoms with Gasteiger partial charge >= 0.3 is 0 Å². The molecule has 17 nitrogen and oxygen atoms in total. The molecular formula is C89H109N11O6S2. The minimum atomic E-state index is 0. The highest BCUT2D eigenvalue weighted by Gasteiger charge is 2.44. The standard InChI is InChI=1S/C44H51N5O3S2.C43H50N6O3.2CH4/c1-8-16-53-54-23-45-41(51)15-14-31-26(5)36-18-34-27(6)33(22-52-21-29-12-10-24(3)11-13-29)39(47-34)19-35-25(4)30(9-2)38(46-35)20-37-28(7)42-40(50)17-32(43(31)48-36)44(42)49-37;1-8-29-24(3)34-19-38-32(22-52-21-28-11-9-10-23(2)16-28)26(5)33(47-38)18-35-25(4)30(12-13-40(51)45-15-14-44-7)42(48-35)31-17-39(50)41-27(6)36(49-43(31)41)20-37(29)46-34;;/h10-13,18-20,26,31,48,50H,8-9,14-17,21-23H2,1-7H3,(H,45,51);9-11,16,18-20,25,30,44,48,50H,8,12-15,17,21-22H2,1-7H3,(H,45,51);2*1H4/t26?,31-;25?,30-;;/m00../s1. The van der Waals surface area contributed by atoms with Crippen LogP contribution in [0.1, 0.15) is 171 Å². The average molecular weight is 1490 g/mol. The maximum absolute atomic E-state index is 13.1. The van der Waals surface area contributed by atoms with Crippen LogP contribution in [0, 0.1) is 37.5 Å². The number of nitrogens with one attached hydrogen (secondary N) is 5. The normalized spacial score (nSPS) is 21.6. The lowest BCUT2D eigenvalue weighted by Crippen LogP contribution is -2.30. The van der Waals surface area contributed by atoms with Crippen molar-refractivity contribution in [1.82, 2.24) is 26.6 Å². The highest BCUT2D eigenvalue weighted by Crippen LogP contribution is 2.49. The molecule has 108 heavy (non-hydrogen) atoms. The molecule has 19 heteroatoms. The number of hydrogen-bond acceptors (Lipinski definition) is 17. The molecule has 2 unspecified atom stereocenters. The first-order chi connectivity index (χ1) is 51.1. The molecule has 2 aliphatic carbocycles. The highest BCUT2D eigenvalue weighted by atomic mass is 33.1. The van der Waals surface area contributed by atoms with E-state index in [1.165, 1.54) is 22.3 Å². The van der Waals surface area contributed by atoms with Gasteiger partial charge in [-0.3, -0.25) is 9.59 Å². The van der Waals surface area contributed by atoms with E-state index < -0.39 is 0 Å². The number of carbonyl (C=O) groups excluding carboxylic acids is 2. The largest absolute Gasteiger partial charge is 0.511 e. The number of aliphatic hydroxyl groups excluding tert-OH is 2. The molecule has 10 heterocycles. The maximum atomic E-state index is 13.1. The Hall–Kier alpha value is -8.98. The van der Waals surface area contributed by atoms with Crippen LogP contribution >= 0.6 is 21.6 Å². The molecule has 568 valence electrons. The Morgan fingerprint density at radius 3 is 1.44 bits per heavy atom. The number of rotatable bonds is 24. The number of nitrogens with zero attached hydrogens (tertiary/aromatic N) is 6. The summed E-state index contributed by atoms with van der Waals surface area (Å²) in [5.74, 6) is 2.66. The third-order valence-corrected chi connectivity index (χ3v) is 24.7. The second kappa shape index (κ2) is 34.7. The number of likely N-dealkylation sites (N-methyl/N-ethyl adjacent to an activating group) is 1. The van der Waals surface area contributed by atoms with Crippen LogP contribution in [0.25, 0.3) is 0 Å². The predicted octanol–water partition coefficient (Wildman–Crippen LogP) is 18.4. The second-order valence-corrected chi connectivity index (χ2v) is 31.9. The van der Waals surface area contributed by atoms with Crippen molar-refractivity contribution in [3.8, 4) is 0 Å². The van der Waals surface area contributed by atoms with E-state index in [2.05, 4.69) is 188 Å². The lowest BCUT2D eigenvalue weighted by atomic mass is 9.86. The van der Waals surface area contributed by atoms with E-state index in [1.807, 2.05) is 20.9 Å². The Balaban J connectivity index is 0.000000211. The Labute approximate surface area is 647 Å². The Morgan fingerprint density at radius 1 is 0.519 bits per heavy atom. The Kier molecular flexibility index (Phi) is 25.7. The number of carbonyl (C=O) groups is 2. The Bertz CT molecular complexity index is 4820. The van der Waals surface area contributed by atoms with Crippen molar-refractivity contribution in [3.63, 3.8) is 0 Å². The second-order valence-electron chi connectivity index (χ2n) is 29.4. The van der Waals surface area contributed by atoms with Crippen molar-refractivity contribution in [3.05, 3.63) is 254 Å². The Morgan fingerprint density at radius 2 is 0.972 bits per heavy atom. The molecule has 4 atom stereocenters. The zero-order valence-electron chi connectivity index (χ0n) is 63.9. The summed E-state index contributed by atoms with van der Waals surface area (Å²) >= 11 is 0. The van der Waals surface area contributed by atoms with Gasteiger partial charge in [0.15, 0.2) is 0 Å². The van der Waals surface area contributed by atoms with E-state index in [1.54, 1.807) is 21.6 Å². The van der Waals surface area contributed by atoms with Gasteiger partial charge in [0.2, 0.25) is 11.8 Å². The van der Waals surface area contributed by atoms with Crippen LogP contribution in [0.5, 0.6) is 0 Å². The van der Waals surface area contributed by atoms with E-state index in [-0.39, 0.29) is 50.3 Å². The van der Waals surface area contributed by atoms with Crippen LogP contribution in [-0.2, 0) is 32.3 Å². The van der Waals surface area contributed by atoms with Gasteiger partial charge in [-0.2, -0.15) is 0 Å². The monoisotopic (exact) mass is 1490 g/mol. The molecule has 12 aliphatic rings. The number of aliphatic imine (C=N–C) groups is 6. The van der Waals surface area contributed by atoms with Crippen molar-refractivity contribution in [2.45, 2.75) is 176 Å². The number of aliphatic hydroxyl groups is 2. The van der Waals surface area contributed by atoms with Crippen molar-refractivity contribution >= 4 is 67.7 Å². The molecule has 2 amide bonds. The summed E-state index contributed by atoms with van der Waals surface area (Å²) < 4.78 is 12.7. The van der Waals surface area contributed by atoms with E-state index in [0.717, 1.165) is 201 Å². The summed E-state index contributed by atoms with van der Waals surface area (Å²) in [6.07, 6.45) is 18.4. The molecule has 7 N–H and O–H groups in total. The van der Waals surface area contributed by atoms with Gasteiger partial charge in [-0.1, -0.05) is 131 Å². The molecule has 0 radical (unpaired) electrons. The molecule has 0 aromatic heterocycles. The smallest absolute Gasteiger partial charge is 0.220 e. The van der Waals surface area contributed by atoms with Gasteiger partial charge in [-0.15, -0.1) is 0 Å². The molecule has 10 aliphatic heterocycles. The van der Waals surface area contributed by atoms with Gasteiger partial charge in [0.1, 0.15) is 11.5 Å². The quantitative estimate of drug-likeness (QED) is 0.0297. The lowest BCUT2D eigenvalue weighted by Gasteiger charge is -2.18. The SMILES string of the molecule is C.C.CCC1=C(C)C2=NC1=CC1=C(C)C3=C(O)CC(=C4NC(=CC5=NC(=C2)C(COCc2cccc(C)c2)=C5C)C(C)[C@@H]4CCC(=O)NCCNC)C3=N1.CCCSSCNC(=O)CC[C@@H]1C2=C3CC(O)=C4C3=NC(=C4C)C=C3N=C(C=C4N=C(C=C(N2)C1C)C(C)=C4COCc1ccc(C)cc1)C(C)=C3CC. The first-order valence-electron chi connectivity index (χ1n) is 37.8. The lowest BCUT2D eigenvalue weighted by molar-refractivity contribution is -0.122. The molecule has 0 spiro atoms. The molecule has 16 bridgehead atoms. The van der Waals surface area contributed by atoms with Gasteiger partial charge in [0, 0.05) is 124 Å². The fourth-order valence-electron chi connectivity index (χ4n) is 16.1. The number of benzene rings is 2. The van der Waals surface area contributed by atoms with E-state index in [4.69, 9.17) is 39.4 Å². The van der Waals surface area contributed by atoms with Gasteiger partial charge in [-0.25, -0.2) is 30.0 Å². The third kappa shape index (κ3) is 16.5. The average Bonchev–Trinajstić information content (AvgIpc) is 1.59. The molecule has 2 saturated heterocycles. The number of aryl methyl sites for hydroxylation is 2. The van der Waals surface area contributed by atoms with Crippen LogP contribution in [0.2, 0.25) is 0 Å². The van der Waals surface area contributed by atoms with Gasteiger partial charge in [-0.05, 0) is 187 Å². The number of amides is 2. The van der Waals surface area contributed by atoms with Crippen molar-refractivity contribution in [2.24, 2.45) is 53.6 Å². The van der Waals surface area contributed by atoms with Crippen LogP contribution in [-0.4, -0.2) is 101 Å². The highest BCUT2D eigenvalue weighted by molar-refractivity contribution is 8.76. The molecule has 2 fully saturated rings. The van der Waals surface area contributed by atoms with Gasteiger partial charge < -0.3 is 46.3 Å². The topological polar surface area (TPSA) is 227 Å². The van der Waals surface area contributed by atoms with Crippen LogP contribution in [0.4, 0.5) is 0 Å². The molecule has 2 aromatic carbocycles. The van der Waals surface area contributed by atoms with E-state index >= 15 is 0 Å². The molecule has 2 aromatic rings. The molecule has 14 rings (SSSR count). The summed E-state index contributed by atoms with van der Waals surface area (Å²) in [5, 5.41) is 39.6. The van der Waals surface area contributed by atoms with Crippen LogP contribution in [0.15, 0.2) is 261 Å². The minimum Gasteiger partial charge on any atom is -0.511 e. The minimum absolute atomic E-state index is 0. The third-order valence-electron chi connectivity index (χ3n) is 22.4. The van der Waals surface area contributed by atoms with Crippen LogP contribution in [0.3, 0.4) is 0 Å². The number of hydrogen-bond donors (Lipinski definition) is 7. The summed E-state index contributed by atoms with van der Waals surface area (Å²) in [5.41, 5.74) is 33.6. The fraction of sp³-hybridized carbons (Fsp3) is 0.416. The number of allylic oxidation sites excluding steroid dienone is 22. The van der Waals surface area contributed by atoms with Crippen LogP contribution < -0.4 is 26.6 Å². The maximum Gasteiger partial charge on any atom is 0.220 e. The number of fused-ring (bicyclic) bond motifs is 10. The zero-order chi connectivity index (χ0) is 74.8. The predicted molar refractivity (Wildman–Crippen MR) is 448 cm³/mol. The van der Waals surface area contributed by atoms with Gasteiger partial charge in [0.05, 0.1) is 101 Å². The summed E-state index contributed by atoms with van der Waals surface area (Å²) in [4.78, 5) is 57.2. The number of ether oxygens (including phenoxy) is 2. The van der Waals surface area contributed by atoms with Crippen molar-refractivity contribution in [1.29, 1.82) is 0 Å². The molecule has 0 saturated carbocycles. The first-order valence-corrected chi connectivity index (χ1v) is 40.2. The fourth-order valence-corrected chi connectivity index (χ4v) is 17.9.